The summed E-state index contributed by atoms with van der Waals surface area (Å²) in [7, 11) is 0. The number of amides is 2. The first-order valence-electron chi connectivity index (χ1n) is 6.61. The molecule has 0 aromatic carbocycles. The van der Waals surface area contributed by atoms with Crippen LogP contribution in [0.4, 0.5) is 0 Å². The van der Waals surface area contributed by atoms with E-state index >= 15 is 0 Å². The second kappa shape index (κ2) is 5.91. The van der Waals surface area contributed by atoms with Crippen molar-refractivity contribution >= 4 is 27.7 Å². The number of aromatic nitrogens is 1. The van der Waals surface area contributed by atoms with Gasteiger partial charge in [-0.25, -0.2) is 0 Å². The van der Waals surface area contributed by atoms with Gasteiger partial charge in [-0.1, -0.05) is 13.8 Å². The molecule has 108 valence electrons. The number of nitrogens with zero attached hydrogens (tertiary/aromatic N) is 2. The molecule has 2 rings (SSSR count). The number of nitrogens with one attached hydrogen (secondary N) is 1. The highest BCUT2D eigenvalue weighted by atomic mass is 79.9. The Balaban J connectivity index is 2.20. The van der Waals surface area contributed by atoms with E-state index in [9.17, 15) is 9.59 Å². The van der Waals surface area contributed by atoms with E-state index < -0.39 is 12.1 Å². The van der Waals surface area contributed by atoms with Crippen LogP contribution in [-0.4, -0.2) is 33.8 Å². The molecule has 1 saturated heterocycles. The van der Waals surface area contributed by atoms with E-state index in [1.807, 2.05) is 26.0 Å². The van der Waals surface area contributed by atoms with Gasteiger partial charge in [-0.15, -0.1) is 0 Å². The Morgan fingerprint density at radius 3 is 2.65 bits per heavy atom. The Labute approximate surface area is 126 Å². The predicted molar refractivity (Wildman–Crippen MR) is 78.7 cm³/mol. The van der Waals surface area contributed by atoms with Gasteiger partial charge in [-0.3, -0.25) is 14.6 Å². The van der Waals surface area contributed by atoms with Crippen LogP contribution < -0.4 is 5.32 Å². The zero-order chi connectivity index (χ0) is 14.9. The molecular formula is C14H18BrN3O2. The number of pyridine rings is 1. The van der Waals surface area contributed by atoms with E-state index in [4.69, 9.17) is 0 Å². The number of halogens is 1. The summed E-state index contributed by atoms with van der Waals surface area (Å²) in [6.07, 6.45) is 1.69. The summed E-state index contributed by atoms with van der Waals surface area (Å²) in [6, 6.07) is 2.81. The molecule has 1 aliphatic rings. The van der Waals surface area contributed by atoms with Crippen LogP contribution in [0, 0.1) is 5.92 Å². The van der Waals surface area contributed by atoms with Gasteiger partial charge in [0.1, 0.15) is 12.1 Å². The van der Waals surface area contributed by atoms with Crippen molar-refractivity contribution in [1.29, 1.82) is 0 Å². The maximum Gasteiger partial charge on any atom is 0.246 e. The largest absolute Gasteiger partial charge is 0.342 e. The first kappa shape index (κ1) is 15.0. The van der Waals surface area contributed by atoms with E-state index in [0.29, 0.717) is 6.54 Å². The normalized spacial score (nSPS) is 23.1. The van der Waals surface area contributed by atoms with Crippen LogP contribution in [0.2, 0.25) is 0 Å². The van der Waals surface area contributed by atoms with Crippen LogP contribution in [0.15, 0.2) is 22.8 Å². The molecule has 1 N–H and O–H groups in total. The SMILES string of the molecule is CC(C)C1NC(=O)C(C)N(Cc2ccc(Br)cn2)C1=O. The molecule has 5 nitrogen and oxygen atoms in total. The molecule has 6 heteroatoms. The second-order valence-electron chi connectivity index (χ2n) is 5.34. The second-order valence-corrected chi connectivity index (χ2v) is 6.26. The monoisotopic (exact) mass is 339 g/mol. The molecule has 2 heterocycles. The van der Waals surface area contributed by atoms with Crippen molar-refractivity contribution in [3.05, 3.63) is 28.5 Å². The van der Waals surface area contributed by atoms with Gasteiger partial charge < -0.3 is 10.2 Å². The molecule has 1 aromatic rings. The van der Waals surface area contributed by atoms with Crippen molar-refractivity contribution < 1.29 is 9.59 Å². The maximum atomic E-state index is 12.5. The first-order valence-corrected chi connectivity index (χ1v) is 7.40. The summed E-state index contributed by atoms with van der Waals surface area (Å²) in [4.78, 5) is 30.3. The fourth-order valence-electron chi connectivity index (χ4n) is 2.19. The number of carbonyl (C=O) groups is 2. The van der Waals surface area contributed by atoms with Crippen LogP contribution in [0.25, 0.3) is 0 Å². The van der Waals surface area contributed by atoms with Crippen LogP contribution in [0.1, 0.15) is 26.5 Å². The Kier molecular flexibility index (Phi) is 4.42. The number of piperazine rings is 1. The molecule has 1 aliphatic heterocycles. The minimum atomic E-state index is -0.469. The van der Waals surface area contributed by atoms with Crippen molar-refractivity contribution in [3.63, 3.8) is 0 Å². The van der Waals surface area contributed by atoms with Gasteiger partial charge in [-0.2, -0.15) is 0 Å². The van der Waals surface area contributed by atoms with Gasteiger partial charge >= 0.3 is 0 Å². The van der Waals surface area contributed by atoms with Gasteiger partial charge in [-0.05, 0) is 40.9 Å². The summed E-state index contributed by atoms with van der Waals surface area (Å²) in [5.74, 6) is -0.0865. The van der Waals surface area contributed by atoms with E-state index in [1.54, 1.807) is 18.0 Å². The van der Waals surface area contributed by atoms with Crippen molar-refractivity contribution in [2.24, 2.45) is 5.92 Å². The average molecular weight is 340 g/mol. The molecular weight excluding hydrogens is 322 g/mol. The summed E-state index contributed by atoms with van der Waals surface area (Å²) in [5.41, 5.74) is 0.769. The van der Waals surface area contributed by atoms with Crippen molar-refractivity contribution in [2.45, 2.75) is 39.4 Å². The highest BCUT2D eigenvalue weighted by Crippen LogP contribution is 2.18. The summed E-state index contributed by atoms with van der Waals surface area (Å²) in [6.45, 7) is 5.94. The lowest BCUT2D eigenvalue weighted by Crippen LogP contribution is -2.63. The van der Waals surface area contributed by atoms with Crippen LogP contribution in [-0.2, 0) is 16.1 Å². The molecule has 2 unspecified atom stereocenters. The van der Waals surface area contributed by atoms with Crippen molar-refractivity contribution in [3.8, 4) is 0 Å². The van der Waals surface area contributed by atoms with E-state index in [-0.39, 0.29) is 17.7 Å². The smallest absolute Gasteiger partial charge is 0.246 e. The molecule has 0 spiro atoms. The Morgan fingerprint density at radius 2 is 2.10 bits per heavy atom. The van der Waals surface area contributed by atoms with Gasteiger partial charge in [0.15, 0.2) is 0 Å². The van der Waals surface area contributed by atoms with Gasteiger partial charge in [0.05, 0.1) is 12.2 Å². The number of hydrogen-bond donors (Lipinski definition) is 1. The van der Waals surface area contributed by atoms with Crippen LogP contribution >= 0.6 is 15.9 Å². The highest BCUT2D eigenvalue weighted by molar-refractivity contribution is 9.10. The first-order chi connectivity index (χ1) is 9.40. The minimum absolute atomic E-state index is 0.0446. The third-order valence-electron chi connectivity index (χ3n) is 3.48. The summed E-state index contributed by atoms with van der Waals surface area (Å²) < 4.78 is 0.886. The van der Waals surface area contributed by atoms with E-state index in [0.717, 1.165) is 10.2 Å². The summed E-state index contributed by atoms with van der Waals surface area (Å²) in [5, 5.41) is 2.78. The van der Waals surface area contributed by atoms with Crippen LogP contribution in [0.5, 0.6) is 0 Å². The zero-order valence-corrected chi connectivity index (χ0v) is 13.3. The van der Waals surface area contributed by atoms with Crippen LogP contribution in [0.3, 0.4) is 0 Å². The fourth-order valence-corrected chi connectivity index (χ4v) is 2.42. The van der Waals surface area contributed by atoms with Crippen molar-refractivity contribution in [2.75, 3.05) is 0 Å². The fraction of sp³-hybridized carbons (Fsp3) is 0.500. The minimum Gasteiger partial charge on any atom is -0.342 e. The molecule has 1 aromatic heterocycles. The van der Waals surface area contributed by atoms with Gasteiger partial charge in [0.25, 0.3) is 0 Å². The Morgan fingerprint density at radius 1 is 1.40 bits per heavy atom. The quantitative estimate of drug-likeness (QED) is 0.911. The topological polar surface area (TPSA) is 62.3 Å². The lowest BCUT2D eigenvalue weighted by molar-refractivity contribution is -0.150. The zero-order valence-electron chi connectivity index (χ0n) is 11.8. The van der Waals surface area contributed by atoms with Gasteiger partial charge in [0.2, 0.25) is 11.8 Å². The molecule has 0 aliphatic carbocycles. The molecule has 0 radical (unpaired) electrons. The number of hydrogen-bond acceptors (Lipinski definition) is 3. The molecule has 0 bridgehead atoms. The molecule has 1 fully saturated rings. The third-order valence-corrected chi connectivity index (χ3v) is 3.95. The molecule has 20 heavy (non-hydrogen) atoms. The number of carbonyl (C=O) groups excluding carboxylic acids is 2. The Bertz CT molecular complexity index is 516. The lowest BCUT2D eigenvalue weighted by Gasteiger charge is -2.38. The summed E-state index contributed by atoms with van der Waals surface area (Å²) >= 11 is 3.33. The Hall–Kier alpha value is -1.43. The molecule has 2 atom stereocenters. The van der Waals surface area contributed by atoms with Gasteiger partial charge in [0, 0.05) is 10.7 Å². The standard InChI is InChI=1S/C14H18BrN3O2/c1-8(2)12-14(20)18(9(3)13(19)17-12)7-11-5-4-10(15)6-16-11/h4-6,8-9,12H,7H2,1-3H3,(H,17,19). The predicted octanol–water partition coefficient (Wildman–Crippen LogP) is 1.72. The van der Waals surface area contributed by atoms with Crippen molar-refractivity contribution in [1.82, 2.24) is 15.2 Å². The maximum absolute atomic E-state index is 12.5. The lowest BCUT2D eigenvalue weighted by atomic mass is 9.98. The highest BCUT2D eigenvalue weighted by Gasteiger charge is 2.39. The van der Waals surface area contributed by atoms with E-state index in [2.05, 4.69) is 26.2 Å². The van der Waals surface area contributed by atoms with E-state index in [1.165, 1.54) is 0 Å². The molecule has 2 amide bonds. The third kappa shape index (κ3) is 3.00. The average Bonchev–Trinajstić information content (AvgIpc) is 2.40. The molecule has 0 saturated carbocycles. The number of rotatable bonds is 3.